The molecule has 10 heteroatoms. The minimum Gasteiger partial charge on any atom is -0.462 e. The van der Waals surface area contributed by atoms with E-state index in [9.17, 15) is 19.0 Å². The van der Waals surface area contributed by atoms with E-state index in [1.165, 1.54) is 122 Å². The average molecular weight is 935 g/mol. The second kappa shape index (κ2) is 46.8. The molecular weight excluding hydrogens is 834 g/mol. The maximum absolute atomic E-state index is 12.8. The van der Waals surface area contributed by atoms with Crippen molar-refractivity contribution in [2.45, 2.75) is 232 Å². The molecule has 0 aliphatic heterocycles. The average Bonchev–Trinajstić information content (AvgIpc) is 3.26. The van der Waals surface area contributed by atoms with Gasteiger partial charge in [-0.2, -0.15) is 0 Å². The summed E-state index contributed by atoms with van der Waals surface area (Å²) in [6.45, 7) is 4.32. The molecule has 0 amide bonds. The summed E-state index contributed by atoms with van der Waals surface area (Å²) < 4.78 is 34.4. The fourth-order valence-electron chi connectivity index (χ4n) is 7.22. The molecule has 2 atom stereocenters. The van der Waals surface area contributed by atoms with Gasteiger partial charge in [-0.05, 0) is 57.8 Å². The van der Waals surface area contributed by atoms with Crippen LogP contribution in [0, 0.1) is 0 Å². The molecule has 0 aromatic carbocycles. The number of carbonyl (C=O) groups is 2. The third kappa shape index (κ3) is 51.0. The Hall–Kier alpha value is -2.29. The first-order chi connectivity index (χ1) is 31.5. The summed E-state index contributed by atoms with van der Waals surface area (Å²) in [4.78, 5) is 35.5. The van der Waals surface area contributed by atoms with Crippen LogP contribution in [0.5, 0.6) is 0 Å². The minimum absolute atomic E-state index is 0.0314. The van der Waals surface area contributed by atoms with Gasteiger partial charge in [0, 0.05) is 12.8 Å². The number of quaternary nitrogens is 1. The topological polar surface area (TPSA) is 108 Å². The summed E-state index contributed by atoms with van der Waals surface area (Å²) in [7, 11) is 1.48. The molecule has 0 aliphatic rings. The van der Waals surface area contributed by atoms with Crippen LogP contribution in [-0.4, -0.2) is 74.9 Å². The van der Waals surface area contributed by atoms with Crippen LogP contribution in [0.3, 0.4) is 0 Å². The van der Waals surface area contributed by atoms with Crippen LogP contribution in [-0.2, 0) is 32.7 Å². The fraction of sp³-hybridized carbons (Fsp3) is 0.782. The molecule has 2 unspecified atom stereocenters. The maximum atomic E-state index is 12.8. The Labute approximate surface area is 400 Å². The predicted molar refractivity (Wildman–Crippen MR) is 275 cm³/mol. The SMILES string of the molecule is CC/C=C\C/C=C\C/C=C\C/C=C\C/C=C\CCCCCCCCCCCCCCCC(=O)OC(COC(=O)CCCCCCCCCCCCCC)COP(=O)(O)OCC[N+](C)(C)C. The van der Waals surface area contributed by atoms with E-state index in [0.717, 1.165) is 70.6 Å². The van der Waals surface area contributed by atoms with Crippen molar-refractivity contribution in [2.24, 2.45) is 0 Å². The van der Waals surface area contributed by atoms with Crippen molar-refractivity contribution in [1.29, 1.82) is 0 Å². The van der Waals surface area contributed by atoms with Gasteiger partial charge in [0.2, 0.25) is 0 Å². The van der Waals surface area contributed by atoms with Gasteiger partial charge in [0.05, 0.1) is 27.7 Å². The molecule has 65 heavy (non-hydrogen) atoms. The zero-order valence-electron chi connectivity index (χ0n) is 42.7. The molecule has 0 bridgehead atoms. The lowest BCUT2D eigenvalue weighted by atomic mass is 10.0. The first-order valence-corrected chi connectivity index (χ1v) is 28.0. The summed E-state index contributed by atoms with van der Waals surface area (Å²) in [5.41, 5.74) is 0. The predicted octanol–water partition coefficient (Wildman–Crippen LogP) is 16.0. The van der Waals surface area contributed by atoms with Gasteiger partial charge in [0.25, 0.3) is 0 Å². The lowest BCUT2D eigenvalue weighted by Crippen LogP contribution is -2.37. The quantitative estimate of drug-likeness (QED) is 0.0211. The first-order valence-electron chi connectivity index (χ1n) is 26.5. The molecule has 0 rings (SSSR count). The number of ether oxygens (including phenoxy) is 2. The van der Waals surface area contributed by atoms with Gasteiger partial charge in [-0.15, -0.1) is 0 Å². The Morgan fingerprint density at radius 3 is 1.31 bits per heavy atom. The number of esters is 2. The Morgan fingerprint density at radius 2 is 0.877 bits per heavy atom. The summed E-state index contributed by atoms with van der Waals surface area (Å²) in [5.74, 6) is -0.795. The van der Waals surface area contributed by atoms with Crippen molar-refractivity contribution < 1.29 is 42.1 Å². The van der Waals surface area contributed by atoms with Crippen molar-refractivity contribution in [3.63, 3.8) is 0 Å². The third-order valence-corrected chi connectivity index (χ3v) is 12.3. The van der Waals surface area contributed by atoms with E-state index >= 15 is 0 Å². The molecule has 0 radical (unpaired) electrons. The molecule has 0 aliphatic carbocycles. The van der Waals surface area contributed by atoms with Crippen molar-refractivity contribution in [3.05, 3.63) is 60.8 Å². The van der Waals surface area contributed by atoms with E-state index in [4.69, 9.17) is 18.5 Å². The second-order valence-electron chi connectivity index (χ2n) is 18.9. The van der Waals surface area contributed by atoms with E-state index in [0.29, 0.717) is 23.9 Å². The first kappa shape index (κ1) is 62.7. The van der Waals surface area contributed by atoms with Gasteiger partial charge in [0.1, 0.15) is 19.8 Å². The molecule has 0 aromatic rings. The molecule has 0 heterocycles. The summed E-state index contributed by atoms with van der Waals surface area (Å²) in [5, 5.41) is 0. The van der Waals surface area contributed by atoms with Crippen LogP contribution in [0.4, 0.5) is 0 Å². The Bertz CT molecular complexity index is 1290. The van der Waals surface area contributed by atoms with Gasteiger partial charge in [0.15, 0.2) is 6.10 Å². The standard InChI is InChI=1S/C55H100NO8P/c1-6-8-10-12-14-16-18-20-21-22-23-24-25-26-27-28-29-30-31-32-33-34-35-36-38-40-42-44-46-48-55(58)64-53(52-63-65(59,60)62-50-49-56(3,4)5)51-61-54(57)47-45-43-41-39-37-19-17-15-13-11-9-7-2/h8,10,14,16,20-21,23-24,26-27,53H,6-7,9,11-13,15,17-19,22,25,28-52H2,1-5H3/p+1/b10-8-,16-14-,21-20-,24-23-,27-26-. The van der Waals surface area contributed by atoms with Crippen LogP contribution in [0.2, 0.25) is 0 Å². The highest BCUT2D eigenvalue weighted by molar-refractivity contribution is 7.47. The normalized spacial score (nSPS) is 13.9. The Morgan fingerprint density at radius 1 is 0.492 bits per heavy atom. The number of carbonyl (C=O) groups excluding carboxylic acids is 2. The molecule has 0 saturated carbocycles. The van der Waals surface area contributed by atoms with Crippen molar-refractivity contribution >= 4 is 19.8 Å². The molecule has 0 saturated heterocycles. The summed E-state index contributed by atoms with van der Waals surface area (Å²) >= 11 is 0. The van der Waals surface area contributed by atoms with Crippen LogP contribution in [0.15, 0.2) is 60.8 Å². The van der Waals surface area contributed by atoms with E-state index < -0.39 is 26.5 Å². The number of rotatable bonds is 48. The van der Waals surface area contributed by atoms with Gasteiger partial charge in [-0.1, -0.05) is 216 Å². The van der Waals surface area contributed by atoms with Crippen molar-refractivity contribution in [1.82, 2.24) is 0 Å². The molecule has 378 valence electrons. The molecule has 0 spiro atoms. The Balaban J connectivity index is 4.12. The summed E-state index contributed by atoms with van der Waals surface area (Å²) in [6.07, 6.45) is 58.5. The van der Waals surface area contributed by atoms with Crippen LogP contribution in [0.25, 0.3) is 0 Å². The number of hydrogen-bond donors (Lipinski definition) is 1. The number of likely N-dealkylation sites (N-methyl/N-ethyl adjacent to an activating group) is 1. The Kier molecular flexibility index (Phi) is 45.2. The third-order valence-electron chi connectivity index (χ3n) is 11.3. The lowest BCUT2D eigenvalue weighted by molar-refractivity contribution is -0.870. The lowest BCUT2D eigenvalue weighted by Gasteiger charge is -2.24. The van der Waals surface area contributed by atoms with Gasteiger partial charge in [-0.25, -0.2) is 4.57 Å². The number of phosphoric acid groups is 1. The highest BCUT2D eigenvalue weighted by Gasteiger charge is 2.27. The molecule has 9 nitrogen and oxygen atoms in total. The largest absolute Gasteiger partial charge is 0.472 e. The second-order valence-corrected chi connectivity index (χ2v) is 20.3. The number of allylic oxidation sites excluding steroid dienone is 10. The van der Waals surface area contributed by atoms with Crippen LogP contribution in [0.1, 0.15) is 226 Å². The molecule has 0 fully saturated rings. The van der Waals surface area contributed by atoms with E-state index in [2.05, 4.69) is 74.6 Å². The molecular formula is C55H101NO8P+. The number of phosphoric ester groups is 1. The van der Waals surface area contributed by atoms with Gasteiger partial charge >= 0.3 is 19.8 Å². The van der Waals surface area contributed by atoms with Crippen LogP contribution < -0.4 is 0 Å². The monoisotopic (exact) mass is 935 g/mol. The summed E-state index contributed by atoms with van der Waals surface area (Å²) in [6, 6.07) is 0. The van der Waals surface area contributed by atoms with E-state index in [-0.39, 0.29) is 25.6 Å². The highest BCUT2D eigenvalue weighted by atomic mass is 31.2. The smallest absolute Gasteiger partial charge is 0.462 e. The molecule has 0 aromatic heterocycles. The van der Waals surface area contributed by atoms with Gasteiger partial charge in [-0.3, -0.25) is 18.6 Å². The highest BCUT2D eigenvalue weighted by Crippen LogP contribution is 2.43. The zero-order valence-corrected chi connectivity index (χ0v) is 43.6. The minimum atomic E-state index is -4.38. The zero-order chi connectivity index (χ0) is 47.8. The fourth-order valence-corrected chi connectivity index (χ4v) is 7.96. The van der Waals surface area contributed by atoms with Crippen LogP contribution >= 0.6 is 7.82 Å². The number of hydrogen-bond acceptors (Lipinski definition) is 7. The van der Waals surface area contributed by atoms with Gasteiger partial charge < -0.3 is 18.9 Å². The molecule has 1 N–H and O–H groups in total. The number of unbranched alkanes of at least 4 members (excludes halogenated alkanes) is 24. The van der Waals surface area contributed by atoms with Crippen molar-refractivity contribution in [2.75, 3.05) is 47.5 Å². The van der Waals surface area contributed by atoms with E-state index in [1.807, 2.05) is 21.1 Å². The van der Waals surface area contributed by atoms with E-state index in [1.54, 1.807) is 0 Å². The number of nitrogens with zero attached hydrogens (tertiary/aromatic N) is 1. The maximum Gasteiger partial charge on any atom is 0.472 e. The van der Waals surface area contributed by atoms with Crippen molar-refractivity contribution in [3.8, 4) is 0 Å².